The molecule has 2 amide bonds. The highest BCUT2D eigenvalue weighted by atomic mass is 16.2. The third-order valence-corrected chi connectivity index (χ3v) is 4.92. The van der Waals surface area contributed by atoms with Crippen LogP contribution in [0.15, 0.2) is 60.8 Å². The Morgan fingerprint density at radius 2 is 1.92 bits per heavy atom. The first-order valence-corrected chi connectivity index (χ1v) is 8.93. The zero-order chi connectivity index (χ0) is 17.9. The fourth-order valence-electron chi connectivity index (χ4n) is 3.51. The summed E-state index contributed by atoms with van der Waals surface area (Å²) < 4.78 is 0. The van der Waals surface area contributed by atoms with Crippen LogP contribution < -0.4 is 5.32 Å². The van der Waals surface area contributed by atoms with Crippen molar-refractivity contribution in [1.82, 2.24) is 9.88 Å². The molecule has 1 saturated heterocycles. The molecule has 0 aliphatic carbocycles. The summed E-state index contributed by atoms with van der Waals surface area (Å²) in [6, 6.07) is 17.1. The summed E-state index contributed by atoms with van der Waals surface area (Å²) in [5.41, 5.74) is 2.47. The Hall–Kier alpha value is -3.08. The Bertz CT molecular complexity index is 933. The Morgan fingerprint density at radius 3 is 2.77 bits per heavy atom. The van der Waals surface area contributed by atoms with Gasteiger partial charge >= 0.3 is 0 Å². The van der Waals surface area contributed by atoms with Crippen LogP contribution in [0.5, 0.6) is 0 Å². The lowest BCUT2D eigenvalue weighted by Gasteiger charge is -2.32. The summed E-state index contributed by atoms with van der Waals surface area (Å²) in [7, 11) is 0. The number of nitrogens with one attached hydrogen (secondary N) is 2. The van der Waals surface area contributed by atoms with Crippen LogP contribution in [0.25, 0.3) is 10.9 Å². The third-order valence-electron chi connectivity index (χ3n) is 4.92. The maximum absolute atomic E-state index is 12.9. The number of anilines is 1. The van der Waals surface area contributed by atoms with Gasteiger partial charge in [0, 0.05) is 41.4 Å². The van der Waals surface area contributed by atoms with E-state index in [-0.39, 0.29) is 17.7 Å². The molecule has 2 heterocycles. The van der Waals surface area contributed by atoms with Gasteiger partial charge in [-0.1, -0.05) is 18.2 Å². The van der Waals surface area contributed by atoms with Gasteiger partial charge in [-0.05, 0) is 49.2 Å². The van der Waals surface area contributed by atoms with E-state index in [0.29, 0.717) is 18.7 Å². The zero-order valence-electron chi connectivity index (χ0n) is 14.4. The topological polar surface area (TPSA) is 65.2 Å². The molecular weight excluding hydrogens is 326 g/mol. The molecule has 1 aliphatic rings. The highest BCUT2D eigenvalue weighted by Crippen LogP contribution is 2.22. The first kappa shape index (κ1) is 16.4. The first-order valence-electron chi connectivity index (χ1n) is 8.93. The van der Waals surface area contributed by atoms with Gasteiger partial charge in [0.15, 0.2) is 0 Å². The Labute approximate surface area is 152 Å². The van der Waals surface area contributed by atoms with E-state index in [1.165, 1.54) is 0 Å². The minimum Gasteiger partial charge on any atom is -0.361 e. The molecular formula is C21H21N3O2. The van der Waals surface area contributed by atoms with E-state index in [9.17, 15) is 9.59 Å². The van der Waals surface area contributed by atoms with Gasteiger partial charge in [-0.2, -0.15) is 0 Å². The van der Waals surface area contributed by atoms with Crippen molar-refractivity contribution >= 4 is 28.4 Å². The highest BCUT2D eigenvalue weighted by Gasteiger charge is 2.29. The van der Waals surface area contributed by atoms with Crippen LogP contribution in [0.4, 0.5) is 5.69 Å². The number of benzene rings is 2. The van der Waals surface area contributed by atoms with E-state index in [0.717, 1.165) is 29.4 Å². The fraction of sp³-hybridized carbons (Fsp3) is 0.238. The molecule has 2 aromatic carbocycles. The predicted molar refractivity (Wildman–Crippen MR) is 102 cm³/mol. The molecule has 0 bridgehead atoms. The molecule has 0 saturated carbocycles. The van der Waals surface area contributed by atoms with Gasteiger partial charge in [0.25, 0.3) is 5.91 Å². The van der Waals surface area contributed by atoms with E-state index >= 15 is 0 Å². The highest BCUT2D eigenvalue weighted by molar-refractivity contribution is 5.99. The molecule has 26 heavy (non-hydrogen) atoms. The van der Waals surface area contributed by atoms with Gasteiger partial charge in [-0.25, -0.2) is 0 Å². The second kappa shape index (κ2) is 7.04. The molecule has 0 radical (unpaired) electrons. The molecule has 5 heteroatoms. The number of para-hydroxylation sites is 1. The second-order valence-corrected chi connectivity index (χ2v) is 6.73. The van der Waals surface area contributed by atoms with Crippen molar-refractivity contribution in [3.05, 3.63) is 66.4 Å². The average molecular weight is 347 g/mol. The molecule has 132 valence electrons. The SMILES string of the molecule is O=C(Nc1ccccc1)[C@H]1CCCN(C(=O)c2ccc3[nH]ccc3c2)C1. The largest absolute Gasteiger partial charge is 0.361 e. The number of likely N-dealkylation sites (tertiary alicyclic amines) is 1. The standard InChI is InChI=1S/C21H21N3O2/c25-20(23-18-6-2-1-3-7-18)17-5-4-12-24(14-17)21(26)16-8-9-19-15(13-16)10-11-22-19/h1-3,6-11,13,17,22H,4-5,12,14H2,(H,23,25)/t17-/m0/s1. The van der Waals surface area contributed by atoms with Gasteiger partial charge in [0.2, 0.25) is 5.91 Å². The Balaban J connectivity index is 1.45. The van der Waals surface area contributed by atoms with E-state index in [4.69, 9.17) is 0 Å². The lowest BCUT2D eigenvalue weighted by molar-refractivity contribution is -0.121. The molecule has 1 atom stereocenters. The molecule has 0 spiro atoms. The number of carbonyl (C=O) groups excluding carboxylic acids is 2. The van der Waals surface area contributed by atoms with Crippen molar-refractivity contribution in [2.24, 2.45) is 5.92 Å². The molecule has 1 fully saturated rings. The number of hydrogen-bond donors (Lipinski definition) is 2. The number of aromatic nitrogens is 1. The lowest BCUT2D eigenvalue weighted by atomic mass is 9.96. The van der Waals surface area contributed by atoms with Crippen LogP contribution >= 0.6 is 0 Å². The number of nitrogens with zero attached hydrogens (tertiary/aromatic N) is 1. The first-order chi connectivity index (χ1) is 12.7. The number of hydrogen-bond acceptors (Lipinski definition) is 2. The van der Waals surface area contributed by atoms with Crippen molar-refractivity contribution in [3.8, 4) is 0 Å². The molecule has 1 aliphatic heterocycles. The normalized spacial score (nSPS) is 17.2. The summed E-state index contributed by atoms with van der Waals surface area (Å²) in [6.07, 6.45) is 3.51. The number of fused-ring (bicyclic) bond motifs is 1. The molecule has 2 N–H and O–H groups in total. The number of piperidine rings is 1. The molecule has 5 nitrogen and oxygen atoms in total. The number of H-pyrrole nitrogens is 1. The van der Waals surface area contributed by atoms with Crippen molar-refractivity contribution in [2.45, 2.75) is 12.8 Å². The summed E-state index contributed by atoms with van der Waals surface area (Å²) in [5.74, 6) is -0.205. The molecule has 0 unspecified atom stereocenters. The van der Waals surface area contributed by atoms with Crippen molar-refractivity contribution in [2.75, 3.05) is 18.4 Å². The van der Waals surface area contributed by atoms with Crippen LogP contribution in [-0.4, -0.2) is 34.8 Å². The van der Waals surface area contributed by atoms with Gasteiger partial charge in [0.1, 0.15) is 0 Å². The maximum atomic E-state index is 12.9. The van der Waals surface area contributed by atoms with Gasteiger partial charge in [-0.3, -0.25) is 9.59 Å². The fourth-order valence-corrected chi connectivity index (χ4v) is 3.51. The van der Waals surface area contributed by atoms with Crippen LogP contribution in [0, 0.1) is 5.92 Å². The van der Waals surface area contributed by atoms with Gasteiger partial charge < -0.3 is 15.2 Å². The third kappa shape index (κ3) is 3.33. The van der Waals surface area contributed by atoms with Crippen LogP contribution in [0.2, 0.25) is 0 Å². The monoisotopic (exact) mass is 347 g/mol. The van der Waals surface area contributed by atoms with Gasteiger partial charge in [-0.15, -0.1) is 0 Å². The van der Waals surface area contributed by atoms with E-state index in [1.807, 2.05) is 60.8 Å². The number of amides is 2. The number of aromatic amines is 1. The van der Waals surface area contributed by atoms with E-state index < -0.39 is 0 Å². The van der Waals surface area contributed by atoms with E-state index in [2.05, 4.69) is 10.3 Å². The smallest absolute Gasteiger partial charge is 0.253 e. The predicted octanol–water partition coefficient (Wildman–Crippen LogP) is 3.66. The van der Waals surface area contributed by atoms with Crippen LogP contribution in [-0.2, 0) is 4.79 Å². The van der Waals surface area contributed by atoms with E-state index in [1.54, 1.807) is 4.90 Å². The Morgan fingerprint density at radius 1 is 1.08 bits per heavy atom. The van der Waals surface area contributed by atoms with Crippen molar-refractivity contribution < 1.29 is 9.59 Å². The maximum Gasteiger partial charge on any atom is 0.253 e. The average Bonchev–Trinajstić information content (AvgIpc) is 3.16. The summed E-state index contributed by atoms with van der Waals surface area (Å²) in [5, 5.41) is 3.97. The lowest BCUT2D eigenvalue weighted by Crippen LogP contribution is -2.43. The molecule has 3 aromatic rings. The second-order valence-electron chi connectivity index (χ2n) is 6.73. The summed E-state index contributed by atoms with van der Waals surface area (Å²) >= 11 is 0. The quantitative estimate of drug-likeness (QED) is 0.759. The zero-order valence-corrected chi connectivity index (χ0v) is 14.4. The molecule has 1 aromatic heterocycles. The number of rotatable bonds is 3. The Kier molecular flexibility index (Phi) is 4.44. The van der Waals surface area contributed by atoms with Crippen molar-refractivity contribution in [3.63, 3.8) is 0 Å². The van der Waals surface area contributed by atoms with Crippen LogP contribution in [0.1, 0.15) is 23.2 Å². The minimum atomic E-state index is -0.177. The van der Waals surface area contributed by atoms with Crippen LogP contribution in [0.3, 0.4) is 0 Å². The summed E-state index contributed by atoms with van der Waals surface area (Å²) in [4.78, 5) is 30.4. The van der Waals surface area contributed by atoms with Gasteiger partial charge in [0.05, 0.1) is 5.92 Å². The number of carbonyl (C=O) groups is 2. The minimum absolute atomic E-state index is 0.00897. The molecule has 4 rings (SSSR count). The summed E-state index contributed by atoms with van der Waals surface area (Å²) in [6.45, 7) is 1.15. The van der Waals surface area contributed by atoms with Crippen molar-refractivity contribution in [1.29, 1.82) is 0 Å².